The van der Waals surface area contributed by atoms with Gasteiger partial charge in [-0.15, -0.1) is 0 Å². The predicted molar refractivity (Wildman–Crippen MR) is 105 cm³/mol. The number of benzene rings is 2. The van der Waals surface area contributed by atoms with Crippen LogP contribution in [0.4, 0.5) is 4.39 Å². The van der Waals surface area contributed by atoms with Crippen molar-refractivity contribution >= 4 is 0 Å². The van der Waals surface area contributed by atoms with E-state index in [9.17, 15) is 14.9 Å². The first-order valence-electron chi connectivity index (χ1n) is 9.23. The number of allylic oxidation sites excluding steroid dienone is 1. The van der Waals surface area contributed by atoms with Gasteiger partial charge in [0.25, 0.3) is 0 Å². The highest BCUT2D eigenvalue weighted by atomic mass is 19.1. The van der Waals surface area contributed by atoms with Crippen LogP contribution >= 0.6 is 0 Å². The summed E-state index contributed by atoms with van der Waals surface area (Å²) in [5.74, 6) is 0.365. The highest BCUT2D eigenvalue weighted by Crippen LogP contribution is 2.15. The van der Waals surface area contributed by atoms with E-state index >= 15 is 0 Å². The Kier molecular flexibility index (Phi) is 6.62. The quantitative estimate of drug-likeness (QED) is 0.787. The van der Waals surface area contributed by atoms with Gasteiger partial charge >= 0.3 is 0 Å². The molecule has 0 saturated carbocycles. The summed E-state index contributed by atoms with van der Waals surface area (Å²) < 4.78 is 13.1. The fourth-order valence-electron chi connectivity index (χ4n) is 3.25. The molecule has 0 unspecified atom stereocenters. The Morgan fingerprint density at radius 1 is 0.893 bits per heavy atom. The number of halogens is 1. The van der Waals surface area contributed by atoms with Gasteiger partial charge in [0.15, 0.2) is 5.57 Å². The zero-order valence-corrected chi connectivity index (χ0v) is 15.6. The molecule has 0 aliphatic carbocycles. The fraction of sp³-hybridized carbons (Fsp3) is 0.273. The molecule has 6 heteroatoms. The second kappa shape index (κ2) is 9.55. The standard InChI is InChI=1S/C22H22FN5/c23-21-8-6-19(7-9-21)17-27-10-12-28(13-11-27)22(20(14-24)15-25)26-16-18-4-2-1-3-5-18/h1-9,26H,10-13,16-17H2. The normalized spacial score (nSPS) is 14.0. The minimum Gasteiger partial charge on any atom is -0.366 e. The van der Waals surface area contributed by atoms with E-state index in [2.05, 4.69) is 15.1 Å². The monoisotopic (exact) mass is 375 g/mol. The average molecular weight is 375 g/mol. The maximum Gasteiger partial charge on any atom is 0.169 e. The topological polar surface area (TPSA) is 66.1 Å². The van der Waals surface area contributed by atoms with E-state index < -0.39 is 0 Å². The first-order valence-corrected chi connectivity index (χ1v) is 9.23. The number of piperazine rings is 1. The van der Waals surface area contributed by atoms with Gasteiger partial charge in [0, 0.05) is 39.3 Å². The maximum atomic E-state index is 13.1. The third kappa shape index (κ3) is 5.09. The summed E-state index contributed by atoms with van der Waals surface area (Å²) in [5, 5.41) is 22.0. The van der Waals surface area contributed by atoms with Gasteiger partial charge < -0.3 is 10.2 Å². The number of nitrogens with one attached hydrogen (secondary N) is 1. The van der Waals surface area contributed by atoms with Gasteiger partial charge in [0.1, 0.15) is 23.8 Å². The molecule has 1 aliphatic heterocycles. The summed E-state index contributed by atoms with van der Waals surface area (Å²) >= 11 is 0. The van der Waals surface area contributed by atoms with E-state index in [1.807, 2.05) is 42.5 Å². The number of hydrogen-bond donors (Lipinski definition) is 1. The van der Waals surface area contributed by atoms with Crippen molar-refractivity contribution in [3.05, 3.63) is 82.9 Å². The maximum absolute atomic E-state index is 13.1. The SMILES string of the molecule is N#CC(C#N)=C(NCc1ccccc1)N1CCN(Cc2ccc(F)cc2)CC1. The van der Waals surface area contributed by atoms with Gasteiger partial charge in [-0.3, -0.25) is 4.90 Å². The van der Waals surface area contributed by atoms with Crippen LogP contribution in [0.15, 0.2) is 66.0 Å². The van der Waals surface area contributed by atoms with Crippen molar-refractivity contribution < 1.29 is 4.39 Å². The molecule has 1 heterocycles. The lowest BCUT2D eigenvalue weighted by atomic mass is 10.2. The molecule has 28 heavy (non-hydrogen) atoms. The van der Waals surface area contributed by atoms with Gasteiger partial charge in [-0.1, -0.05) is 42.5 Å². The Bertz CT molecular complexity index is 869. The first kappa shape index (κ1) is 19.4. The van der Waals surface area contributed by atoms with E-state index in [1.165, 1.54) is 12.1 Å². The smallest absolute Gasteiger partial charge is 0.169 e. The second-order valence-corrected chi connectivity index (χ2v) is 6.68. The van der Waals surface area contributed by atoms with Crippen molar-refractivity contribution in [1.29, 1.82) is 10.5 Å². The highest BCUT2D eigenvalue weighted by molar-refractivity contribution is 5.39. The van der Waals surface area contributed by atoms with Gasteiger partial charge in [0.05, 0.1) is 0 Å². The van der Waals surface area contributed by atoms with Gasteiger partial charge in [-0.25, -0.2) is 4.39 Å². The van der Waals surface area contributed by atoms with Crippen LogP contribution in [0.3, 0.4) is 0 Å². The van der Waals surface area contributed by atoms with Crippen LogP contribution in [-0.4, -0.2) is 36.0 Å². The summed E-state index contributed by atoms with van der Waals surface area (Å²) in [5.41, 5.74) is 2.26. The molecule has 0 aromatic heterocycles. The molecule has 0 spiro atoms. The van der Waals surface area contributed by atoms with Crippen molar-refractivity contribution in [3.63, 3.8) is 0 Å². The van der Waals surface area contributed by atoms with Gasteiger partial charge in [-0.2, -0.15) is 10.5 Å². The molecule has 1 fully saturated rings. The third-order valence-electron chi connectivity index (χ3n) is 4.77. The molecule has 0 bridgehead atoms. The molecule has 2 aromatic carbocycles. The summed E-state index contributed by atoms with van der Waals surface area (Å²) in [6.07, 6.45) is 0. The van der Waals surface area contributed by atoms with E-state index in [-0.39, 0.29) is 11.4 Å². The van der Waals surface area contributed by atoms with Crippen molar-refractivity contribution in [2.24, 2.45) is 0 Å². The zero-order valence-electron chi connectivity index (χ0n) is 15.6. The van der Waals surface area contributed by atoms with Crippen LogP contribution in [0.2, 0.25) is 0 Å². The van der Waals surface area contributed by atoms with Crippen LogP contribution in [0.25, 0.3) is 0 Å². The Labute approximate surface area is 164 Å². The van der Waals surface area contributed by atoms with Gasteiger partial charge in [0.2, 0.25) is 0 Å². The Hall–Kier alpha value is -3.35. The Morgan fingerprint density at radius 2 is 1.54 bits per heavy atom. The lowest BCUT2D eigenvalue weighted by molar-refractivity contribution is 0.146. The number of hydrogen-bond acceptors (Lipinski definition) is 5. The molecule has 1 aliphatic rings. The fourth-order valence-corrected chi connectivity index (χ4v) is 3.25. The van der Waals surface area contributed by atoms with Crippen LogP contribution < -0.4 is 5.32 Å². The van der Waals surface area contributed by atoms with Crippen molar-refractivity contribution in [3.8, 4) is 12.1 Å². The van der Waals surface area contributed by atoms with E-state index in [1.54, 1.807) is 12.1 Å². The Balaban J connectivity index is 1.62. The second-order valence-electron chi connectivity index (χ2n) is 6.68. The summed E-state index contributed by atoms with van der Waals surface area (Å²) in [6.45, 7) is 4.35. The number of nitriles is 2. The molecule has 1 saturated heterocycles. The van der Waals surface area contributed by atoms with E-state index in [4.69, 9.17) is 0 Å². The molecule has 142 valence electrons. The van der Waals surface area contributed by atoms with Crippen LogP contribution in [-0.2, 0) is 13.1 Å². The molecule has 0 radical (unpaired) electrons. The molecule has 5 nitrogen and oxygen atoms in total. The van der Waals surface area contributed by atoms with Crippen LogP contribution in [0.1, 0.15) is 11.1 Å². The lowest BCUT2D eigenvalue weighted by Crippen LogP contribution is -2.47. The lowest BCUT2D eigenvalue weighted by Gasteiger charge is -2.37. The summed E-state index contributed by atoms with van der Waals surface area (Å²) in [4.78, 5) is 4.35. The predicted octanol–water partition coefficient (Wildman–Crippen LogP) is 2.99. The third-order valence-corrected chi connectivity index (χ3v) is 4.77. The van der Waals surface area contributed by atoms with Crippen molar-refractivity contribution in [1.82, 2.24) is 15.1 Å². The van der Waals surface area contributed by atoms with E-state index in [0.29, 0.717) is 25.5 Å². The molecule has 3 rings (SSSR count). The summed E-state index contributed by atoms with van der Waals surface area (Å²) in [7, 11) is 0. The minimum atomic E-state index is -0.228. The van der Waals surface area contributed by atoms with Crippen LogP contribution in [0, 0.1) is 28.5 Å². The molecular formula is C22H22FN5. The molecular weight excluding hydrogens is 353 g/mol. The van der Waals surface area contributed by atoms with Crippen molar-refractivity contribution in [2.75, 3.05) is 26.2 Å². The van der Waals surface area contributed by atoms with Crippen molar-refractivity contribution in [2.45, 2.75) is 13.1 Å². The minimum absolute atomic E-state index is 0.0999. The number of rotatable bonds is 6. The molecule has 0 atom stereocenters. The van der Waals surface area contributed by atoms with E-state index in [0.717, 1.165) is 30.8 Å². The first-order chi connectivity index (χ1) is 13.7. The molecule has 1 N–H and O–H groups in total. The van der Waals surface area contributed by atoms with Crippen LogP contribution in [0.5, 0.6) is 0 Å². The van der Waals surface area contributed by atoms with Gasteiger partial charge in [-0.05, 0) is 23.3 Å². The largest absolute Gasteiger partial charge is 0.366 e. The zero-order chi connectivity index (χ0) is 19.8. The average Bonchev–Trinajstić information content (AvgIpc) is 2.74. The number of nitrogens with zero attached hydrogens (tertiary/aromatic N) is 4. The highest BCUT2D eigenvalue weighted by Gasteiger charge is 2.21. The summed E-state index contributed by atoms with van der Waals surface area (Å²) in [6, 6.07) is 20.5. The molecule has 2 aromatic rings. The Morgan fingerprint density at radius 3 is 2.14 bits per heavy atom. The molecule has 0 amide bonds.